The second kappa shape index (κ2) is 13.1. The number of carbonyl (C=O) groups excluding carboxylic acids is 3. The molecular formula is C35H50O7. The standard InChI is InChI=1S/C35H50O7/c1-23(2)11-17-29-34(6,42-29)32-31(39-7)27(19-20-35(32)22-40-35)41-30(38)18-16-24-12-14-25(15-13-24)21-26(36)9-8-10-28(37)33(3,4)5/h11-15,27,29,31-32H,8-10,16-22H2,1-7H3/t27-,29-,31-,32-,34-,35+/m1/s1. The highest BCUT2D eigenvalue weighted by atomic mass is 16.6. The van der Waals surface area contributed by atoms with Gasteiger partial charge in [0.1, 0.15) is 35.0 Å². The van der Waals surface area contributed by atoms with E-state index in [1.807, 2.05) is 45.0 Å². The fraction of sp³-hybridized carbons (Fsp3) is 0.686. The number of hydrogen-bond donors (Lipinski definition) is 0. The van der Waals surface area contributed by atoms with Crippen LogP contribution in [-0.4, -0.2) is 60.8 Å². The molecule has 4 rings (SSSR count). The zero-order valence-corrected chi connectivity index (χ0v) is 26.6. The van der Waals surface area contributed by atoms with Crippen molar-refractivity contribution in [1.29, 1.82) is 0 Å². The SMILES string of the molecule is CO[C@@H]1[C@H](OC(=O)CCc2ccc(CC(=O)CCCC(=O)C(C)(C)C)cc2)CC[C@]2(CO2)[C@H]1[C@]1(C)O[C@@H]1CC=C(C)C. The molecule has 7 nitrogen and oxygen atoms in total. The summed E-state index contributed by atoms with van der Waals surface area (Å²) in [5.74, 6) is 0.0977. The number of epoxide rings is 2. The van der Waals surface area contributed by atoms with Crippen molar-refractivity contribution in [1.82, 2.24) is 0 Å². The van der Waals surface area contributed by atoms with Crippen LogP contribution in [0.3, 0.4) is 0 Å². The van der Waals surface area contributed by atoms with Gasteiger partial charge < -0.3 is 18.9 Å². The highest BCUT2D eigenvalue weighted by Crippen LogP contribution is 2.59. The van der Waals surface area contributed by atoms with Crippen LogP contribution in [0.1, 0.15) is 97.6 Å². The third-order valence-corrected chi connectivity index (χ3v) is 9.26. The summed E-state index contributed by atoms with van der Waals surface area (Å²) < 4.78 is 24.3. The molecule has 2 aliphatic heterocycles. The van der Waals surface area contributed by atoms with E-state index < -0.39 is 0 Å². The summed E-state index contributed by atoms with van der Waals surface area (Å²) in [7, 11) is 1.69. The van der Waals surface area contributed by atoms with Crippen molar-refractivity contribution < 1.29 is 33.3 Å². The van der Waals surface area contributed by atoms with Crippen LogP contribution >= 0.6 is 0 Å². The number of benzene rings is 1. The van der Waals surface area contributed by atoms with Crippen molar-refractivity contribution in [3.05, 3.63) is 47.0 Å². The minimum atomic E-state index is -0.360. The van der Waals surface area contributed by atoms with Gasteiger partial charge in [0.25, 0.3) is 0 Å². The van der Waals surface area contributed by atoms with Gasteiger partial charge in [0, 0.05) is 38.2 Å². The van der Waals surface area contributed by atoms with Crippen LogP contribution in [0, 0.1) is 11.3 Å². The Labute approximate surface area is 251 Å². The number of Topliss-reactive ketones (excluding diaryl/α,β-unsaturated/α-hetero) is 2. The number of carbonyl (C=O) groups is 3. The minimum Gasteiger partial charge on any atom is -0.460 e. The Morgan fingerprint density at radius 3 is 2.31 bits per heavy atom. The van der Waals surface area contributed by atoms with E-state index >= 15 is 0 Å². The van der Waals surface area contributed by atoms with E-state index in [0.717, 1.165) is 24.0 Å². The molecule has 42 heavy (non-hydrogen) atoms. The quantitative estimate of drug-likeness (QED) is 0.148. The van der Waals surface area contributed by atoms with Crippen LogP contribution in [0.2, 0.25) is 0 Å². The number of ketones is 2. The maximum atomic E-state index is 12.9. The molecule has 2 saturated heterocycles. The van der Waals surface area contributed by atoms with Gasteiger partial charge in [-0.1, -0.05) is 56.7 Å². The van der Waals surface area contributed by atoms with Gasteiger partial charge in [0.2, 0.25) is 0 Å². The summed E-state index contributed by atoms with van der Waals surface area (Å²) in [5.41, 5.74) is 2.28. The third-order valence-electron chi connectivity index (χ3n) is 9.26. The van der Waals surface area contributed by atoms with E-state index in [1.54, 1.807) is 7.11 Å². The molecular weight excluding hydrogens is 532 g/mol. The molecule has 0 radical (unpaired) electrons. The van der Waals surface area contributed by atoms with Crippen molar-refractivity contribution in [3.63, 3.8) is 0 Å². The summed E-state index contributed by atoms with van der Waals surface area (Å²) in [5, 5.41) is 0. The van der Waals surface area contributed by atoms with Crippen molar-refractivity contribution in [2.24, 2.45) is 11.3 Å². The van der Waals surface area contributed by atoms with Gasteiger partial charge in [-0.05, 0) is 64.0 Å². The van der Waals surface area contributed by atoms with Crippen LogP contribution in [-0.2, 0) is 46.2 Å². The summed E-state index contributed by atoms with van der Waals surface area (Å²) in [6, 6.07) is 7.84. The first-order valence-electron chi connectivity index (χ1n) is 15.6. The van der Waals surface area contributed by atoms with E-state index in [2.05, 4.69) is 26.8 Å². The fourth-order valence-electron chi connectivity index (χ4n) is 6.51. The van der Waals surface area contributed by atoms with Gasteiger partial charge in [0.15, 0.2) is 0 Å². The average Bonchev–Trinajstić information content (AvgIpc) is 3.84. The first-order chi connectivity index (χ1) is 19.8. The zero-order valence-electron chi connectivity index (χ0n) is 26.6. The van der Waals surface area contributed by atoms with Gasteiger partial charge in [-0.2, -0.15) is 0 Å². The molecule has 1 aliphatic carbocycles. The Morgan fingerprint density at radius 2 is 1.71 bits per heavy atom. The van der Waals surface area contributed by atoms with Crippen LogP contribution in [0.4, 0.5) is 0 Å². The van der Waals surface area contributed by atoms with Crippen LogP contribution in [0.15, 0.2) is 35.9 Å². The Bertz CT molecular complexity index is 1150. The molecule has 1 spiro atoms. The first kappa shape index (κ1) is 32.6. The van der Waals surface area contributed by atoms with Crippen LogP contribution in [0.25, 0.3) is 0 Å². The Balaban J connectivity index is 1.24. The smallest absolute Gasteiger partial charge is 0.306 e. The number of rotatable bonds is 14. The number of ether oxygens (including phenoxy) is 4. The van der Waals surface area contributed by atoms with Gasteiger partial charge >= 0.3 is 5.97 Å². The Morgan fingerprint density at radius 1 is 1.05 bits per heavy atom. The molecule has 1 aromatic carbocycles. The molecule has 0 N–H and O–H groups in total. The lowest BCUT2D eigenvalue weighted by Crippen LogP contribution is -2.55. The van der Waals surface area contributed by atoms with Crippen molar-refractivity contribution in [2.45, 2.75) is 129 Å². The predicted octanol–water partition coefficient (Wildman–Crippen LogP) is 6.14. The lowest BCUT2D eigenvalue weighted by molar-refractivity contribution is -0.171. The highest BCUT2D eigenvalue weighted by Gasteiger charge is 2.72. The largest absolute Gasteiger partial charge is 0.460 e. The van der Waals surface area contributed by atoms with Gasteiger partial charge in [-0.3, -0.25) is 14.4 Å². The Kier molecular flexibility index (Phi) is 10.2. The maximum Gasteiger partial charge on any atom is 0.306 e. The fourth-order valence-corrected chi connectivity index (χ4v) is 6.51. The zero-order chi connectivity index (χ0) is 30.7. The molecule has 6 atom stereocenters. The summed E-state index contributed by atoms with van der Waals surface area (Å²) >= 11 is 0. The van der Waals surface area contributed by atoms with Gasteiger partial charge in [-0.25, -0.2) is 0 Å². The molecule has 3 aliphatic rings. The molecule has 2 heterocycles. The molecule has 1 aromatic rings. The number of allylic oxidation sites excluding steroid dienone is 1. The molecule has 3 fully saturated rings. The van der Waals surface area contributed by atoms with Crippen LogP contribution in [0.5, 0.6) is 0 Å². The monoisotopic (exact) mass is 582 g/mol. The number of esters is 1. The lowest BCUT2D eigenvalue weighted by Gasteiger charge is -2.42. The van der Waals surface area contributed by atoms with E-state index in [-0.39, 0.29) is 64.8 Å². The second-order valence-corrected chi connectivity index (χ2v) is 14.0. The van der Waals surface area contributed by atoms with E-state index in [4.69, 9.17) is 18.9 Å². The molecule has 7 heteroatoms. The molecule has 0 unspecified atom stereocenters. The van der Waals surface area contributed by atoms with Crippen molar-refractivity contribution >= 4 is 17.5 Å². The molecule has 0 bridgehead atoms. The average molecular weight is 583 g/mol. The predicted molar refractivity (Wildman–Crippen MR) is 161 cm³/mol. The molecule has 0 amide bonds. The molecule has 0 aromatic heterocycles. The van der Waals surface area contributed by atoms with Gasteiger partial charge in [0.05, 0.1) is 18.6 Å². The number of aryl methyl sites for hydroxylation is 1. The van der Waals surface area contributed by atoms with Crippen molar-refractivity contribution in [3.8, 4) is 0 Å². The topological polar surface area (TPSA) is 94.7 Å². The number of methoxy groups -OCH3 is 1. The normalized spacial score (nSPS) is 30.1. The minimum absolute atomic E-state index is 0.00587. The molecule has 1 saturated carbocycles. The summed E-state index contributed by atoms with van der Waals surface area (Å²) in [4.78, 5) is 37.4. The second-order valence-electron chi connectivity index (χ2n) is 14.0. The first-order valence-corrected chi connectivity index (χ1v) is 15.6. The van der Waals surface area contributed by atoms with E-state index in [1.165, 1.54) is 5.57 Å². The van der Waals surface area contributed by atoms with Gasteiger partial charge in [-0.15, -0.1) is 0 Å². The Hall–Kier alpha value is -2.35. The van der Waals surface area contributed by atoms with Crippen LogP contribution < -0.4 is 0 Å². The number of hydrogen-bond acceptors (Lipinski definition) is 7. The van der Waals surface area contributed by atoms with Crippen molar-refractivity contribution in [2.75, 3.05) is 13.7 Å². The maximum absolute atomic E-state index is 12.9. The van der Waals surface area contributed by atoms with E-state index in [0.29, 0.717) is 45.1 Å². The summed E-state index contributed by atoms with van der Waals surface area (Å²) in [6.07, 6.45) is 6.75. The lowest BCUT2D eigenvalue weighted by atomic mass is 9.68. The third kappa shape index (κ3) is 7.97. The van der Waals surface area contributed by atoms with E-state index in [9.17, 15) is 14.4 Å². The molecule has 232 valence electrons. The highest BCUT2D eigenvalue weighted by molar-refractivity contribution is 5.85. The summed E-state index contributed by atoms with van der Waals surface area (Å²) in [6.45, 7) is 12.8.